The second-order valence-electron chi connectivity index (χ2n) is 5.32. The van der Waals surface area contributed by atoms with Gasteiger partial charge in [-0.05, 0) is 49.6 Å². The standard InChI is InChI=1S/C18H21N3O3S/c1-3-24-15-8-6-14(7-9-15)19-17(22)11-13(2)20-21-18(23)12-16-5-4-10-25-16/h4-10H,3,11-12H2,1-2H3,(H,19,22)(H,21,23). The molecule has 1 aromatic carbocycles. The number of nitrogens with zero attached hydrogens (tertiary/aromatic N) is 1. The molecule has 25 heavy (non-hydrogen) atoms. The number of ether oxygens (including phenoxy) is 1. The highest BCUT2D eigenvalue weighted by Crippen LogP contribution is 2.15. The average molecular weight is 359 g/mol. The first-order valence-electron chi connectivity index (χ1n) is 7.94. The molecule has 0 saturated carbocycles. The van der Waals surface area contributed by atoms with Crippen molar-refractivity contribution in [3.05, 3.63) is 46.7 Å². The Morgan fingerprint density at radius 1 is 1.16 bits per heavy atom. The molecular weight excluding hydrogens is 338 g/mol. The Balaban J connectivity index is 1.77. The molecule has 2 rings (SSSR count). The van der Waals surface area contributed by atoms with Gasteiger partial charge in [0.05, 0.1) is 19.4 Å². The van der Waals surface area contributed by atoms with Crippen LogP contribution in [0.15, 0.2) is 46.9 Å². The molecule has 0 unspecified atom stereocenters. The summed E-state index contributed by atoms with van der Waals surface area (Å²) in [5, 5.41) is 8.66. The largest absolute Gasteiger partial charge is 0.494 e. The van der Waals surface area contributed by atoms with Crippen LogP contribution in [0, 0.1) is 0 Å². The SMILES string of the molecule is CCOc1ccc(NC(=O)CC(C)=NNC(=O)Cc2cccs2)cc1. The van der Waals surface area contributed by atoms with E-state index in [9.17, 15) is 9.59 Å². The van der Waals surface area contributed by atoms with Crippen molar-refractivity contribution in [2.75, 3.05) is 11.9 Å². The van der Waals surface area contributed by atoms with Gasteiger partial charge in [-0.15, -0.1) is 11.3 Å². The molecule has 0 aliphatic heterocycles. The predicted molar refractivity (Wildman–Crippen MR) is 100 cm³/mol. The number of amides is 2. The molecule has 0 atom stereocenters. The number of benzene rings is 1. The van der Waals surface area contributed by atoms with Gasteiger partial charge >= 0.3 is 0 Å². The van der Waals surface area contributed by atoms with Crippen molar-refractivity contribution in [1.29, 1.82) is 0 Å². The first-order chi connectivity index (χ1) is 12.1. The van der Waals surface area contributed by atoms with Crippen LogP contribution >= 0.6 is 11.3 Å². The minimum absolute atomic E-state index is 0.104. The van der Waals surface area contributed by atoms with Gasteiger partial charge in [0.1, 0.15) is 5.75 Å². The molecule has 0 aliphatic carbocycles. The number of hydrazone groups is 1. The van der Waals surface area contributed by atoms with Crippen LogP contribution < -0.4 is 15.5 Å². The van der Waals surface area contributed by atoms with E-state index in [1.807, 2.05) is 24.4 Å². The smallest absolute Gasteiger partial charge is 0.245 e. The van der Waals surface area contributed by atoms with Crippen LogP contribution in [0.25, 0.3) is 0 Å². The molecule has 132 valence electrons. The maximum atomic E-state index is 12.0. The maximum Gasteiger partial charge on any atom is 0.245 e. The second-order valence-corrected chi connectivity index (χ2v) is 6.35. The third-order valence-corrected chi connectivity index (χ3v) is 4.03. The summed E-state index contributed by atoms with van der Waals surface area (Å²) in [7, 11) is 0. The van der Waals surface area contributed by atoms with Gasteiger partial charge in [0.2, 0.25) is 11.8 Å². The number of rotatable bonds is 8. The normalized spacial score (nSPS) is 11.0. The Morgan fingerprint density at radius 3 is 2.56 bits per heavy atom. The van der Waals surface area contributed by atoms with Gasteiger partial charge in [0.25, 0.3) is 0 Å². The van der Waals surface area contributed by atoms with Gasteiger partial charge in [0, 0.05) is 16.3 Å². The highest BCUT2D eigenvalue weighted by atomic mass is 32.1. The summed E-state index contributed by atoms with van der Waals surface area (Å²) in [4.78, 5) is 24.7. The summed E-state index contributed by atoms with van der Waals surface area (Å²) in [5.41, 5.74) is 3.68. The van der Waals surface area contributed by atoms with Crippen LogP contribution in [0.3, 0.4) is 0 Å². The van der Waals surface area contributed by atoms with Crippen LogP contribution in [0.5, 0.6) is 5.75 Å². The van der Waals surface area contributed by atoms with Gasteiger partial charge in [0.15, 0.2) is 0 Å². The van der Waals surface area contributed by atoms with Crippen molar-refractivity contribution in [3.8, 4) is 5.75 Å². The first kappa shape index (κ1) is 18.7. The van der Waals surface area contributed by atoms with Crippen molar-refractivity contribution < 1.29 is 14.3 Å². The molecule has 1 heterocycles. The van der Waals surface area contributed by atoms with Crippen molar-refractivity contribution in [1.82, 2.24) is 5.43 Å². The monoisotopic (exact) mass is 359 g/mol. The summed E-state index contributed by atoms with van der Waals surface area (Å²) in [6, 6.07) is 10.9. The van der Waals surface area contributed by atoms with E-state index in [0.717, 1.165) is 10.6 Å². The third-order valence-electron chi connectivity index (χ3n) is 3.15. The molecular formula is C18H21N3O3S. The Bertz CT molecular complexity index is 725. The molecule has 7 heteroatoms. The molecule has 0 bridgehead atoms. The zero-order valence-electron chi connectivity index (χ0n) is 14.2. The lowest BCUT2D eigenvalue weighted by molar-refractivity contribution is -0.120. The van der Waals surface area contributed by atoms with E-state index >= 15 is 0 Å². The van der Waals surface area contributed by atoms with Crippen LogP contribution in [-0.2, 0) is 16.0 Å². The molecule has 0 fully saturated rings. The minimum Gasteiger partial charge on any atom is -0.494 e. The van der Waals surface area contributed by atoms with Crippen LogP contribution in [0.1, 0.15) is 25.1 Å². The predicted octanol–water partition coefficient (Wildman–Crippen LogP) is 3.21. The topological polar surface area (TPSA) is 79.8 Å². The Hall–Kier alpha value is -2.67. The number of anilines is 1. The van der Waals surface area contributed by atoms with Crippen LogP contribution in [0.4, 0.5) is 5.69 Å². The number of thiophene rings is 1. The summed E-state index contributed by atoms with van der Waals surface area (Å²) < 4.78 is 5.35. The molecule has 0 radical (unpaired) electrons. The van der Waals surface area contributed by atoms with Crippen molar-refractivity contribution >= 4 is 34.6 Å². The summed E-state index contributed by atoms with van der Waals surface area (Å²) in [6.45, 7) is 4.21. The van der Waals surface area contributed by atoms with Gasteiger partial charge in [-0.3, -0.25) is 9.59 Å². The lowest BCUT2D eigenvalue weighted by Gasteiger charge is -2.07. The summed E-state index contributed by atoms with van der Waals surface area (Å²) in [6.07, 6.45) is 0.388. The lowest BCUT2D eigenvalue weighted by Crippen LogP contribution is -2.22. The zero-order valence-corrected chi connectivity index (χ0v) is 15.1. The van der Waals surface area contributed by atoms with Gasteiger partial charge in [-0.1, -0.05) is 6.07 Å². The fourth-order valence-electron chi connectivity index (χ4n) is 2.05. The fourth-order valence-corrected chi connectivity index (χ4v) is 2.75. The molecule has 6 nitrogen and oxygen atoms in total. The molecule has 0 spiro atoms. The third kappa shape index (κ3) is 6.76. The quantitative estimate of drug-likeness (QED) is 0.561. The lowest BCUT2D eigenvalue weighted by atomic mass is 10.2. The molecule has 0 aliphatic rings. The Morgan fingerprint density at radius 2 is 1.92 bits per heavy atom. The van der Waals surface area contributed by atoms with E-state index < -0.39 is 0 Å². The Kier molecular flexibility index (Phi) is 7.16. The number of carbonyl (C=O) groups excluding carboxylic acids is 2. The van der Waals surface area contributed by atoms with Crippen LogP contribution in [0.2, 0.25) is 0 Å². The van der Waals surface area contributed by atoms with Crippen molar-refractivity contribution in [2.45, 2.75) is 26.7 Å². The summed E-state index contributed by atoms with van der Waals surface area (Å²) in [5.74, 6) is 0.360. The Labute approximate surface area is 150 Å². The highest BCUT2D eigenvalue weighted by Gasteiger charge is 2.07. The molecule has 1 aromatic heterocycles. The van der Waals surface area contributed by atoms with Gasteiger partial charge in [-0.25, -0.2) is 5.43 Å². The van der Waals surface area contributed by atoms with E-state index in [0.29, 0.717) is 18.0 Å². The number of nitrogens with one attached hydrogen (secondary N) is 2. The molecule has 2 aromatic rings. The molecule has 2 amide bonds. The van der Waals surface area contributed by atoms with E-state index in [-0.39, 0.29) is 24.7 Å². The summed E-state index contributed by atoms with van der Waals surface area (Å²) >= 11 is 1.52. The van der Waals surface area contributed by atoms with E-state index in [1.54, 1.807) is 31.2 Å². The molecule has 2 N–H and O–H groups in total. The van der Waals surface area contributed by atoms with E-state index in [4.69, 9.17) is 4.74 Å². The second kappa shape index (κ2) is 9.58. The van der Waals surface area contributed by atoms with Crippen molar-refractivity contribution in [3.63, 3.8) is 0 Å². The van der Waals surface area contributed by atoms with E-state index in [1.165, 1.54) is 11.3 Å². The maximum absolute atomic E-state index is 12.0. The number of hydrogen-bond acceptors (Lipinski definition) is 5. The minimum atomic E-state index is -0.200. The highest BCUT2D eigenvalue weighted by molar-refractivity contribution is 7.10. The zero-order chi connectivity index (χ0) is 18.1. The first-order valence-corrected chi connectivity index (χ1v) is 8.82. The van der Waals surface area contributed by atoms with E-state index in [2.05, 4.69) is 15.8 Å². The van der Waals surface area contributed by atoms with Gasteiger partial charge < -0.3 is 10.1 Å². The van der Waals surface area contributed by atoms with Crippen LogP contribution in [-0.4, -0.2) is 24.1 Å². The molecule has 0 saturated heterocycles. The fraction of sp³-hybridized carbons (Fsp3) is 0.278. The number of hydrogen-bond donors (Lipinski definition) is 2. The average Bonchev–Trinajstić information content (AvgIpc) is 3.08. The van der Waals surface area contributed by atoms with Crippen molar-refractivity contribution in [2.24, 2.45) is 5.10 Å². The number of carbonyl (C=O) groups is 2. The van der Waals surface area contributed by atoms with Gasteiger partial charge in [-0.2, -0.15) is 5.10 Å².